The van der Waals surface area contributed by atoms with Gasteiger partial charge in [0.25, 0.3) is 5.92 Å². The minimum atomic E-state index is -2.83. The summed E-state index contributed by atoms with van der Waals surface area (Å²) in [6.07, 6.45) is 7.17. The number of rotatable bonds is 10. The van der Waals surface area contributed by atoms with Crippen molar-refractivity contribution in [1.29, 1.82) is 0 Å². The zero-order valence-corrected chi connectivity index (χ0v) is 16.7. The molecule has 2 rings (SSSR count). The third-order valence-electron chi connectivity index (χ3n) is 4.49. The van der Waals surface area contributed by atoms with Gasteiger partial charge in [-0.05, 0) is 24.6 Å². The van der Waals surface area contributed by atoms with Crippen molar-refractivity contribution < 1.29 is 8.78 Å². The molecule has 0 unspecified atom stereocenters. The third-order valence-corrected chi connectivity index (χ3v) is 5.02. The van der Waals surface area contributed by atoms with Crippen LogP contribution in [0, 0.1) is 0 Å². The number of hydrogen-bond acceptors (Lipinski definition) is 1. The third kappa shape index (κ3) is 5.91. The topological polar surface area (TPSA) is 17.8 Å². The molecule has 1 heterocycles. The van der Waals surface area contributed by atoms with Gasteiger partial charge in [0, 0.05) is 23.5 Å². The molecular weight excluding hydrogens is 386 g/mol. The standard InChI is InChI=1S/C20H27BrF2N2/c1-3-4-5-6-7-8-9-14-20(22,23)19-15-18(24-25(19)2)16-10-12-17(21)13-11-16/h10-13,15H,3-9,14H2,1-2H3. The highest BCUT2D eigenvalue weighted by atomic mass is 79.9. The molecule has 0 aliphatic carbocycles. The van der Waals surface area contributed by atoms with Crippen molar-refractivity contribution in [2.75, 3.05) is 0 Å². The van der Waals surface area contributed by atoms with Gasteiger partial charge in [0.15, 0.2) is 0 Å². The van der Waals surface area contributed by atoms with Crippen LogP contribution in [0.5, 0.6) is 0 Å². The first-order valence-corrected chi connectivity index (χ1v) is 9.91. The van der Waals surface area contributed by atoms with Gasteiger partial charge in [0.05, 0.1) is 5.69 Å². The zero-order chi connectivity index (χ0) is 18.3. The number of unbranched alkanes of at least 4 members (excludes halogenated alkanes) is 6. The predicted octanol–water partition coefficient (Wildman–Crippen LogP) is 7.08. The van der Waals surface area contributed by atoms with Gasteiger partial charge >= 0.3 is 0 Å². The zero-order valence-electron chi connectivity index (χ0n) is 15.1. The molecule has 0 aliphatic heterocycles. The minimum absolute atomic E-state index is 0.00333. The SMILES string of the molecule is CCCCCCCCCC(F)(F)c1cc(-c2ccc(Br)cc2)nn1C. The Balaban J connectivity index is 1.93. The van der Waals surface area contributed by atoms with Crippen molar-refractivity contribution in [3.8, 4) is 11.3 Å². The number of aryl methyl sites for hydroxylation is 1. The summed E-state index contributed by atoms with van der Waals surface area (Å²) < 4.78 is 31.4. The summed E-state index contributed by atoms with van der Waals surface area (Å²) in [5.74, 6) is -2.83. The molecule has 2 aromatic rings. The van der Waals surface area contributed by atoms with Crippen molar-refractivity contribution in [2.45, 2.75) is 64.2 Å². The molecule has 0 saturated carbocycles. The number of benzene rings is 1. The molecule has 138 valence electrons. The molecule has 0 bridgehead atoms. The van der Waals surface area contributed by atoms with Gasteiger partial charge < -0.3 is 0 Å². The second kappa shape index (κ2) is 9.46. The Morgan fingerprint density at radius 1 is 1.00 bits per heavy atom. The number of hydrogen-bond donors (Lipinski definition) is 0. The van der Waals surface area contributed by atoms with Crippen LogP contribution in [0.4, 0.5) is 8.78 Å². The summed E-state index contributed by atoms with van der Waals surface area (Å²) in [6.45, 7) is 2.18. The van der Waals surface area contributed by atoms with E-state index in [1.54, 1.807) is 7.05 Å². The molecule has 25 heavy (non-hydrogen) atoms. The molecule has 0 saturated heterocycles. The lowest BCUT2D eigenvalue weighted by atomic mass is 10.0. The summed E-state index contributed by atoms with van der Waals surface area (Å²) in [6, 6.07) is 9.06. The van der Waals surface area contributed by atoms with Crippen LogP contribution in [0.3, 0.4) is 0 Å². The summed E-state index contributed by atoms with van der Waals surface area (Å²) in [7, 11) is 1.59. The fourth-order valence-electron chi connectivity index (χ4n) is 3.00. The maximum atomic E-state index is 14.6. The van der Waals surface area contributed by atoms with E-state index in [0.29, 0.717) is 12.1 Å². The maximum absolute atomic E-state index is 14.6. The van der Waals surface area contributed by atoms with E-state index < -0.39 is 5.92 Å². The summed E-state index contributed by atoms with van der Waals surface area (Å²) >= 11 is 3.38. The largest absolute Gasteiger partial charge is 0.289 e. The second-order valence-corrected chi connectivity index (χ2v) is 7.54. The van der Waals surface area contributed by atoms with E-state index in [1.165, 1.54) is 30.0 Å². The highest BCUT2D eigenvalue weighted by molar-refractivity contribution is 9.10. The van der Waals surface area contributed by atoms with E-state index in [4.69, 9.17) is 0 Å². The second-order valence-electron chi connectivity index (χ2n) is 6.62. The summed E-state index contributed by atoms with van der Waals surface area (Å²) in [4.78, 5) is 0. The lowest BCUT2D eigenvalue weighted by molar-refractivity contribution is -0.0237. The first-order chi connectivity index (χ1) is 11.9. The van der Waals surface area contributed by atoms with E-state index in [0.717, 1.165) is 29.3 Å². The number of aromatic nitrogens is 2. The molecule has 0 atom stereocenters. The van der Waals surface area contributed by atoms with Crippen molar-refractivity contribution >= 4 is 15.9 Å². The Labute approximate surface area is 157 Å². The van der Waals surface area contributed by atoms with Crippen molar-refractivity contribution in [3.63, 3.8) is 0 Å². The van der Waals surface area contributed by atoms with Crippen LogP contribution >= 0.6 is 15.9 Å². The molecule has 0 spiro atoms. The van der Waals surface area contributed by atoms with Gasteiger partial charge in [-0.15, -0.1) is 0 Å². The molecular formula is C20H27BrF2N2. The van der Waals surface area contributed by atoms with E-state index in [2.05, 4.69) is 28.0 Å². The van der Waals surface area contributed by atoms with Gasteiger partial charge in [-0.1, -0.05) is 73.5 Å². The first kappa shape index (κ1) is 20.1. The predicted molar refractivity (Wildman–Crippen MR) is 103 cm³/mol. The lowest BCUT2D eigenvalue weighted by Crippen LogP contribution is -2.17. The first-order valence-electron chi connectivity index (χ1n) is 9.12. The highest BCUT2D eigenvalue weighted by Crippen LogP contribution is 2.35. The Bertz CT molecular complexity index is 650. The van der Waals surface area contributed by atoms with Crippen molar-refractivity contribution in [2.24, 2.45) is 7.05 Å². The number of nitrogens with zero attached hydrogens (tertiary/aromatic N) is 2. The fraction of sp³-hybridized carbons (Fsp3) is 0.550. The van der Waals surface area contributed by atoms with Crippen LogP contribution in [0.1, 0.15) is 64.0 Å². The molecule has 1 aromatic carbocycles. The summed E-state index contributed by atoms with van der Waals surface area (Å²) in [5.41, 5.74) is 1.43. The Hall–Kier alpha value is -1.23. The van der Waals surface area contributed by atoms with Crippen LogP contribution in [0.25, 0.3) is 11.3 Å². The van der Waals surface area contributed by atoms with Gasteiger partial charge in [0.2, 0.25) is 0 Å². The molecule has 1 aromatic heterocycles. The van der Waals surface area contributed by atoms with Crippen LogP contribution in [-0.2, 0) is 13.0 Å². The molecule has 2 nitrogen and oxygen atoms in total. The normalized spacial score (nSPS) is 11.9. The average molecular weight is 413 g/mol. The minimum Gasteiger partial charge on any atom is -0.266 e. The van der Waals surface area contributed by atoms with Gasteiger partial charge in [-0.3, -0.25) is 4.68 Å². The molecule has 0 N–H and O–H groups in total. The maximum Gasteiger partial charge on any atom is 0.289 e. The van der Waals surface area contributed by atoms with Gasteiger partial charge in [0.1, 0.15) is 5.69 Å². The Morgan fingerprint density at radius 3 is 2.24 bits per heavy atom. The van der Waals surface area contributed by atoms with E-state index in [-0.39, 0.29) is 12.1 Å². The van der Waals surface area contributed by atoms with Crippen molar-refractivity contribution in [1.82, 2.24) is 9.78 Å². The van der Waals surface area contributed by atoms with Crippen LogP contribution in [0.15, 0.2) is 34.8 Å². The average Bonchev–Trinajstić information content (AvgIpc) is 2.97. The number of halogens is 3. The monoisotopic (exact) mass is 412 g/mol. The molecule has 0 amide bonds. The molecule has 0 fully saturated rings. The van der Waals surface area contributed by atoms with E-state index in [9.17, 15) is 8.78 Å². The number of alkyl halides is 2. The smallest absolute Gasteiger partial charge is 0.266 e. The summed E-state index contributed by atoms with van der Waals surface area (Å²) in [5, 5.41) is 4.28. The molecule has 0 aliphatic rings. The van der Waals surface area contributed by atoms with Gasteiger partial charge in [-0.2, -0.15) is 13.9 Å². The van der Waals surface area contributed by atoms with Crippen LogP contribution in [0.2, 0.25) is 0 Å². The van der Waals surface area contributed by atoms with E-state index in [1.807, 2.05) is 24.3 Å². The Morgan fingerprint density at radius 2 is 1.60 bits per heavy atom. The van der Waals surface area contributed by atoms with Gasteiger partial charge in [-0.25, -0.2) is 0 Å². The van der Waals surface area contributed by atoms with E-state index >= 15 is 0 Å². The Kier molecular flexibility index (Phi) is 7.60. The van der Waals surface area contributed by atoms with Crippen LogP contribution in [-0.4, -0.2) is 9.78 Å². The van der Waals surface area contributed by atoms with Crippen molar-refractivity contribution in [3.05, 3.63) is 40.5 Å². The molecule has 0 radical (unpaired) electrons. The highest BCUT2D eigenvalue weighted by Gasteiger charge is 2.34. The van der Waals surface area contributed by atoms with Crippen LogP contribution < -0.4 is 0 Å². The quantitative estimate of drug-likeness (QED) is 0.381. The fourth-order valence-corrected chi connectivity index (χ4v) is 3.27. The lowest BCUT2D eigenvalue weighted by Gasteiger charge is -2.16. The molecule has 5 heteroatoms.